The number of rotatable bonds is 25. The average molecular weight is 658 g/mol. The third kappa shape index (κ3) is 16.1. The van der Waals surface area contributed by atoms with Crippen LogP contribution >= 0.6 is 11.8 Å². The molecule has 0 aliphatic carbocycles. The number of aliphatic hydroxyl groups excluding tert-OH is 4. The summed E-state index contributed by atoms with van der Waals surface area (Å²) in [6.07, 6.45) is 14.3. The van der Waals surface area contributed by atoms with Crippen molar-refractivity contribution < 1.29 is 34.8 Å². The molecule has 1 aliphatic rings. The molecule has 2 amide bonds. The van der Waals surface area contributed by atoms with Crippen LogP contribution in [0.1, 0.15) is 123 Å². The second kappa shape index (κ2) is 23.5. The number of anilines is 1. The van der Waals surface area contributed by atoms with E-state index in [-0.39, 0.29) is 18.3 Å². The maximum absolute atomic E-state index is 13.1. The van der Waals surface area contributed by atoms with Gasteiger partial charge < -0.3 is 35.8 Å². The Kier molecular flexibility index (Phi) is 20.6. The van der Waals surface area contributed by atoms with Crippen LogP contribution in [0.5, 0.6) is 0 Å². The van der Waals surface area contributed by atoms with Crippen LogP contribution in [-0.2, 0) is 20.9 Å². The molecule has 0 spiro atoms. The molecule has 13 heteroatoms. The molecule has 1 fully saturated rings. The highest BCUT2D eigenvalue weighted by Crippen LogP contribution is 2.21. The average Bonchev–Trinajstić information content (AvgIpc) is 3.46. The van der Waals surface area contributed by atoms with Crippen molar-refractivity contribution in [3.05, 3.63) is 6.20 Å². The molecule has 0 saturated carbocycles. The number of carbonyl (C=O) groups is 2. The van der Waals surface area contributed by atoms with Crippen molar-refractivity contribution in [1.29, 1.82) is 0 Å². The summed E-state index contributed by atoms with van der Waals surface area (Å²) in [6.45, 7) is 4.23. The SMILES string of the molecule is CCCCCCCCCCCCCCCCCC(=O)N[C@H](CSCCC)C(=O)Nc1cn(CC2OC(O)C(O)C(O)C2O)nn1. The number of hydrogen-bond acceptors (Lipinski definition) is 10. The van der Waals surface area contributed by atoms with Crippen molar-refractivity contribution >= 4 is 29.4 Å². The van der Waals surface area contributed by atoms with E-state index in [0.717, 1.165) is 31.4 Å². The molecular formula is C32H59N5O7S. The van der Waals surface area contributed by atoms with E-state index in [4.69, 9.17) is 4.74 Å². The number of aliphatic hydroxyl groups is 4. The van der Waals surface area contributed by atoms with Crippen LogP contribution in [0.3, 0.4) is 0 Å². The molecule has 12 nitrogen and oxygen atoms in total. The summed E-state index contributed by atoms with van der Waals surface area (Å²) in [5, 5.41) is 52.9. The van der Waals surface area contributed by atoms with Gasteiger partial charge in [0.1, 0.15) is 30.5 Å². The zero-order valence-electron chi connectivity index (χ0n) is 27.4. The lowest BCUT2D eigenvalue weighted by Crippen LogP contribution is -2.58. The standard InChI is InChI=1S/C32H59N5O7S/c1-3-5-6-7-8-9-10-11-12-13-14-15-16-17-18-19-27(38)33-24(23-45-20-4-2)31(42)34-26-22-37(36-35-26)21-25-28(39)29(40)30(41)32(43)44-25/h22,24-25,28-30,32,39-41,43H,3-21,23H2,1-2H3,(H,33,38)(H,34,42)/t24-,25?,28?,29?,30?,32?/m1/s1. The summed E-state index contributed by atoms with van der Waals surface area (Å²) in [7, 11) is 0. The zero-order chi connectivity index (χ0) is 32.9. The van der Waals surface area contributed by atoms with Gasteiger partial charge in [-0.3, -0.25) is 9.59 Å². The van der Waals surface area contributed by atoms with E-state index < -0.39 is 42.7 Å². The van der Waals surface area contributed by atoms with Gasteiger partial charge in [0.15, 0.2) is 12.1 Å². The van der Waals surface area contributed by atoms with Gasteiger partial charge >= 0.3 is 0 Å². The van der Waals surface area contributed by atoms with Crippen molar-refractivity contribution in [3.8, 4) is 0 Å². The summed E-state index contributed by atoms with van der Waals surface area (Å²) < 4.78 is 6.46. The maximum atomic E-state index is 13.1. The quantitative estimate of drug-likeness (QED) is 0.0845. The smallest absolute Gasteiger partial charge is 0.249 e. The number of carbonyl (C=O) groups excluding carboxylic acids is 2. The number of amides is 2. The Labute approximate surface area is 273 Å². The van der Waals surface area contributed by atoms with Crippen molar-refractivity contribution in [2.45, 2.75) is 166 Å². The lowest BCUT2D eigenvalue weighted by Gasteiger charge is -2.38. The first-order chi connectivity index (χ1) is 21.8. The highest BCUT2D eigenvalue weighted by Gasteiger charge is 2.43. The first-order valence-corrected chi connectivity index (χ1v) is 18.4. The Bertz CT molecular complexity index is 939. The predicted molar refractivity (Wildman–Crippen MR) is 177 cm³/mol. The van der Waals surface area contributed by atoms with Crippen LogP contribution in [0.2, 0.25) is 0 Å². The maximum Gasteiger partial charge on any atom is 0.249 e. The van der Waals surface area contributed by atoms with Crippen molar-refractivity contribution in [2.75, 3.05) is 16.8 Å². The molecule has 6 N–H and O–H groups in total. The van der Waals surface area contributed by atoms with E-state index in [1.165, 1.54) is 87.9 Å². The molecule has 1 aromatic heterocycles. The largest absolute Gasteiger partial charge is 0.388 e. The van der Waals surface area contributed by atoms with Crippen molar-refractivity contribution in [3.63, 3.8) is 0 Å². The number of hydrogen-bond donors (Lipinski definition) is 6. The number of aromatic nitrogens is 3. The van der Waals surface area contributed by atoms with E-state index in [1.54, 1.807) is 11.8 Å². The Morgan fingerprint density at radius 2 is 1.42 bits per heavy atom. The lowest BCUT2D eigenvalue weighted by atomic mass is 9.99. The second-order valence-corrected chi connectivity index (χ2v) is 13.4. The summed E-state index contributed by atoms with van der Waals surface area (Å²) in [5.41, 5.74) is 0. The van der Waals surface area contributed by atoms with Crippen LogP contribution in [0, 0.1) is 0 Å². The monoisotopic (exact) mass is 657 g/mol. The van der Waals surface area contributed by atoms with E-state index >= 15 is 0 Å². The fourth-order valence-corrected chi connectivity index (χ4v) is 6.30. The molecule has 2 heterocycles. The minimum absolute atomic E-state index is 0.0867. The van der Waals surface area contributed by atoms with Crippen LogP contribution in [0.4, 0.5) is 5.82 Å². The molecule has 45 heavy (non-hydrogen) atoms. The van der Waals surface area contributed by atoms with Gasteiger partial charge in [-0.25, -0.2) is 4.68 Å². The Balaban J connectivity index is 1.65. The van der Waals surface area contributed by atoms with Crippen molar-refractivity contribution in [1.82, 2.24) is 20.3 Å². The number of nitrogens with zero attached hydrogens (tertiary/aromatic N) is 3. The third-order valence-corrected chi connectivity index (χ3v) is 9.40. The van der Waals surface area contributed by atoms with E-state index in [9.17, 15) is 30.0 Å². The molecule has 6 atom stereocenters. The van der Waals surface area contributed by atoms with Crippen molar-refractivity contribution in [2.24, 2.45) is 0 Å². The fraction of sp³-hybridized carbons (Fsp3) is 0.875. The Morgan fingerprint density at radius 1 is 0.844 bits per heavy atom. The van der Waals surface area contributed by atoms with Crippen LogP contribution in [0.15, 0.2) is 6.20 Å². The van der Waals surface area contributed by atoms with Gasteiger partial charge in [-0.1, -0.05) is 109 Å². The van der Waals surface area contributed by atoms with E-state index in [1.807, 2.05) is 0 Å². The molecule has 1 aromatic rings. The van der Waals surface area contributed by atoms with E-state index in [2.05, 4.69) is 34.8 Å². The van der Waals surface area contributed by atoms with Gasteiger partial charge in [0, 0.05) is 12.2 Å². The third-order valence-electron chi connectivity index (χ3n) is 8.14. The molecule has 260 valence electrons. The normalized spacial score (nSPS) is 22.3. The molecule has 0 radical (unpaired) electrons. The molecule has 2 rings (SSSR count). The highest BCUT2D eigenvalue weighted by molar-refractivity contribution is 7.99. The number of nitrogens with one attached hydrogen (secondary N) is 2. The van der Waals surface area contributed by atoms with Gasteiger partial charge in [-0.2, -0.15) is 11.8 Å². The molecule has 0 bridgehead atoms. The van der Waals surface area contributed by atoms with Gasteiger partial charge in [-0.05, 0) is 18.6 Å². The second-order valence-electron chi connectivity index (χ2n) is 12.2. The minimum atomic E-state index is -1.66. The highest BCUT2D eigenvalue weighted by atomic mass is 32.2. The van der Waals surface area contributed by atoms with Gasteiger partial charge in [-0.15, -0.1) is 5.10 Å². The van der Waals surface area contributed by atoms with Crippen LogP contribution < -0.4 is 10.6 Å². The van der Waals surface area contributed by atoms with Crippen LogP contribution in [0.25, 0.3) is 0 Å². The first kappa shape index (κ1) is 39.4. The zero-order valence-corrected chi connectivity index (χ0v) is 28.3. The predicted octanol–water partition coefficient (Wildman–Crippen LogP) is 3.91. The molecule has 1 aliphatic heterocycles. The molecule has 0 aromatic carbocycles. The summed E-state index contributed by atoms with van der Waals surface area (Å²) >= 11 is 1.59. The first-order valence-electron chi connectivity index (χ1n) is 17.2. The fourth-order valence-electron chi connectivity index (χ4n) is 5.38. The van der Waals surface area contributed by atoms with Gasteiger partial charge in [0.05, 0.1) is 12.7 Å². The summed E-state index contributed by atoms with van der Waals surface area (Å²) in [5.74, 6) is 0.893. The van der Waals surface area contributed by atoms with Gasteiger partial charge in [0.25, 0.3) is 0 Å². The summed E-state index contributed by atoms with van der Waals surface area (Å²) in [6, 6.07) is -0.731. The molecular weight excluding hydrogens is 598 g/mol. The van der Waals surface area contributed by atoms with E-state index in [0.29, 0.717) is 12.2 Å². The topological polar surface area (TPSA) is 179 Å². The van der Waals surface area contributed by atoms with Gasteiger partial charge in [0.2, 0.25) is 11.8 Å². The number of unbranched alkanes of at least 4 members (excludes halogenated alkanes) is 14. The minimum Gasteiger partial charge on any atom is -0.388 e. The lowest BCUT2D eigenvalue weighted by molar-refractivity contribution is -0.284. The Hall–Kier alpha value is -1.77. The Morgan fingerprint density at radius 3 is 2.00 bits per heavy atom. The van der Waals surface area contributed by atoms with Crippen LogP contribution in [-0.4, -0.2) is 95.5 Å². The number of thioether (sulfide) groups is 1. The molecule has 5 unspecified atom stereocenters. The number of ether oxygens (including phenoxy) is 1. The molecule has 1 saturated heterocycles. The summed E-state index contributed by atoms with van der Waals surface area (Å²) in [4.78, 5) is 25.7.